The van der Waals surface area contributed by atoms with Crippen molar-refractivity contribution in [3.05, 3.63) is 75.3 Å². The second-order valence-corrected chi connectivity index (χ2v) is 15.5. The number of nitrogen functional groups attached to an aromatic ring is 1. The first kappa shape index (κ1) is 44.9. The van der Waals surface area contributed by atoms with Crippen LogP contribution in [0.5, 0.6) is 0 Å². The molecule has 4 aromatic rings. The number of hydrogen-bond donors (Lipinski definition) is 2. The van der Waals surface area contributed by atoms with E-state index in [4.69, 9.17) is 29.2 Å². The van der Waals surface area contributed by atoms with Crippen molar-refractivity contribution in [1.29, 1.82) is 0 Å². The van der Waals surface area contributed by atoms with Crippen molar-refractivity contribution >= 4 is 44.5 Å². The van der Waals surface area contributed by atoms with Crippen LogP contribution in [0.15, 0.2) is 54.1 Å². The molecule has 0 saturated carbocycles. The summed E-state index contributed by atoms with van der Waals surface area (Å²) in [7, 11) is -8.18. The van der Waals surface area contributed by atoms with Crippen LogP contribution in [0.3, 0.4) is 0 Å². The summed E-state index contributed by atoms with van der Waals surface area (Å²) in [6.07, 6.45) is -4.11. The monoisotopic (exact) mass is 801 g/mol. The Morgan fingerprint density at radius 1 is 1.21 bits per heavy atom. The van der Waals surface area contributed by atoms with Crippen LogP contribution in [-0.4, -0.2) is 67.0 Å². The summed E-state index contributed by atoms with van der Waals surface area (Å²) < 4.78 is 60.6. The van der Waals surface area contributed by atoms with Crippen LogP contribution in [0.4, 0.5) is 16.4 Å². The Morgan fingerprint density at radius 3 is 2.49 bits per heavy atom. The molecule has 26 heteroatoms. The second-order valence-electron chi connectivity index (χ2n) is 12.3. The third-order valence-electron chi connectivity index (χ3n) is 7.64. The number of phosphoric ester groups is 1. The molecule has 1 aromatic carbocycles. The first-order valence-corrected chi connectivity index (χ1v) is 17.8. The van der Waals surface area contributed by atoms with Crippen molar-refractivity contribution < 1.29 is 120 Å². The number of imidazole rings is 2. The zero-order valence-corrected chi connectivity index (χ0v) is 35.4. The van der Waals surface area contributed by atoms with Gasteiger partial charge < -0.3 is 39.0 Å². The summed E-state index contributed by atoms with van der Waals surface area (Å²) in [6, 6.07) is 5.65. The van der Waals surface area contributed by atoms with E-state index in [0.29, 0.717) is 4.34 Å². The standard InChI is InChI=1S/C27H34N8O14P2.2Na/c1-27(2,3)21(15-8-6-7-9-16(15)35(38)39)48-26(37)47-19-17(12-45-51(42,43)49-50(40,41)33-11-10-29-13-33)46-24(20(19)44-5)34-14-32(4)18-22(34)30-25(28)31-23(18)36;;/h6-11,13-14,17,19-21,24H,12H2,1-5H3,(H4-,28,30,31,36,40,41,42,43);;/q;2*+1/p-1/t17-,19+,20?,21?,24-;;/m1../s1. The number of nitrogens with one attached hydrogen (secondary N) is 1. The van der Waals surface area contributed by atoms with Gasteiger partial charge in [0.2, 0.25) is 19.5 Å². The second kappa shape index (κ2) is 17.5. The first-order chi connectivity index (χ1) is 23.8. The number of para-hydroxylation sites is 1. The molecule has 0 spiro atoms. The van der Waals surface area contributed by atoms with Crippen molar-refractivity contribution in [2.24, 2.45) is 12.5 Å². The number of fused-ring (bicyclic) bond motifs is 1. The number of carbonyl (C=O) groups is 1. The fourth-order valence-electron chi connectivity index (χ4n) is 5.49. The van der Waals surface area contributed by atoms with E-state index in [1.165, 1.54) is 53.9 Å². The smallest absolute Gasteiger partial charge is 0.761 e. The van der Waals surface area contributed by atoms with Crippen molar-refractivity contribution in [2.75, 3.05) is 19.5 Å². The van der Waals surface area contributed by atoms with Gasteiger partial charge in [-0.15, -0.1) is 0 Å². The van der Waals surface area contributed by atoms with Crippen molar-refractivity contribution in [1.82, 2.24) is 23.9 Å². The molecule has 4 heterocycles. The SMILES string of the molecule is COC1[C@@H](OC(=O)OC(c2ccccc2[N+](=O)[O-])C(C)(C)C)[C@@H](COP(=O)([O-])OP(=O)([O-])n2ccnc2)O[C@H]1[n+]1cn(C)c2c(=O)[nH]c(N)nc21.[Na+].[Na+]. The number of aromatic amines is 1. The molecular weight excluding hydrogens is 768 g/mol. The maximum Gasteiger partial charge on any atom is 1.00 e. The molecular formula is C27H33N8Na2O14P2+. The molecule has 0 bridgehead atoms. The average Bonchev–Trinajstić information content (AvgIpc) is 3.76. The summed E-state index contributed by atoms with van der Waals surface area (Å²) in [5.41, 5.74) is 4.09. The maximum atomic E-state index is 13.5. The summed E-state index contributed by atoms with van der Waals surface area (Å²) in [6.45, 7) is 4.03. The van der Waals surface area contributed by atoms with E-state index in [2.05, 4.69) is 19.3 Å². The Morgan fingerprint density at radius 2 is 1.89 bits per heavy atom. The average molecular weight is 802 g/mol. The predicted molar refractivity (Wildman–Crippen MR) is 167 cm³/mol. The number of hydrogen-bond acceptors (Lipinski definition) is 17. The zero-order valence-electron chi connectivity index (χ0n) is 29.6. The number of anilines is 1. The minimum absolute atomic E-state index is 0. The zero-order chi connectivity index (χ0) is 37.5. The number of aromatic nitrogens is 6. The van der Waals surface area contributed by atoms with Gasteiger partial charge >= 0.3 is 70.9 Å². The Balaban J connectivity index is 0.00000378. The van der Waals surface area contributed by atoms with Crippen LogP contribution in [0.2, 0.25) is 0 Å². The van der Waals surface area contributed by atoms with Crippen LogP contribution in [0, 0.1) is 15.5 Å². The van der Waals surface area contributed by atoms with Gasteiger partial charge in [0.05, 0.1) is 24.1 Å². The number of nitrogens with zero attached hydrogens (tertiary/aromatic N) is 6. The van der Waals surface area contributed by atoms with E-state index in [0.717, 1.165) is 18.7 Å². The molecule has 0 amide bonds. The van der Waals surface area contributed by atoms with Crippen molar-refractivity contribution in [2.45, 2.75) is 51.4 Å². The Hall–Kier alpha value is -2.53. The molecule has 0 aliphatic carbocycles. The Labute approximate surface area is 344 Å². The molecule has 3 aromatic heterocycles. The van der Waals surface area contributed by atoms with Gasteiger partial charge in [-0.25, -0.2) is 14.3 Å². The van der Waals surface area contributed by atoms with Gasteiger partial charge in [0.25, 0.3) is 25.0 Å². The molecule has 1 aliphatic heterocycles. The van der Waals surface area contributed by atoms with E-state index < -0.39 is 74.9 Å². The normalized spacial score (nSPS) is 21.4. The molecule has 1 aliphatic rings. The first-order valence-electron chi connectivity index (χ1n) is 14.8. The van der Waals surface area contributed by atoms with E-state index >= 15 is 0 Å². The quantitative estimate of drug-likeness (QED) is 0.0338. The molecule has 0 radical (unpaired) electrons. The fraction of sp³-hybridized carbons (Fsp3) is 0.444. The number of benzene rings is 1. The molecule has 5 rings (SSSR count). The maximum absolute atomic E-state index is 13.5. The minimum atomic E-state index is -5.65. The summed E-state index contributed by atoms with van der Waals surface area (Å²) in [5.74, 6) is -0.247. The number of nitro groups is 1. The van der Waals surface area contributed by atoms with Crippen LogP contribution < -0.4 is 84.8 Å². The van der Waals surface area contributed by atoms with Crippen LogP contribution >= 0.6 is 15.6 Å². The van der Waals surface area contributed by atoms with Gasteiger partial charge in [0.15, 0.2) is 18.5 Å². The van der Waals surface area contributed by atoms with Gasteiger partial charge in [0, 0.05) is 31.0 Å². The number of H-pyrrole nitrogens is 1. The van der Waals surface area contributed by atoms with Crippen molar-refractivity contribution in [3.63, 3.8) is 0 Å². The summed E-state index contributed by atoms with van der Waals surface area (Å²) in [4.78, 5) is 72.6. The van der Waals surface area contributed by atoms with E-state index in [9.17, 15) is 38.6 Å². The van der Waals surface area contributed by atoms with Gasteiger partial charge in [-0.05, 0) is 6.07 Å². The summed E-state index contributed by atoms with van der Waals surface area (Å²) >= 11 is 0. The number of aryl methyl sites for hydroxylation is 1. The topological polar surface area (TPSA) is 294 Å². The molecule has 1 saturated heterocycles. The molecule has 276 valence electrons. The van der Waals surface area contributed by atoms with Crippen molar-refractivity contribution in [3.8, 4) is 0 Å². The molecule has 3 N–H and O–H groups in total. The number of methoxy groups -OCH3 is 1. The number of ether oxygens (including phenoxy) is 4. The number of rotatable bonds is 12. The third kappa shape index (κ3) is 10.0. The molecule has 4 unspecified atom stereocenters. The third-order valence-corrected chi connectivity index (χ3v) is 10.5. The number of phosphoric acid groups is 1. The number of nitro benzene ring substituents is 1. The molecule has 22 nitrogen and oxygen atoms in total. The number of nitrogens with two attached hydrogens (primary N) is 1. The minimum Gasteiger partial charge on any atom is -0.761 e. The van der Waals surface area contributed by atoms with Crippen LogP contribution in [0.25, 0.3) is 11.2 Å². The van der Waals surface area contributed by atoms with Gasteiger partial charge in [0.1, 0.15) is 18.5 Å². The molecule has 7 atom stereocenters. The largest absolute Gasteiger partial charge is 1.00 e. The Kier molecular flexibility index (Phi) is 14.8. The Bertz CT molecular complexity index is 2090. The fourth-order valence-corrected chi connectivity index (χ4v) is 7.76. The summed E-state index contributed by atoms with van der Waals surface area (Å²) in [5, 5.41) is 11.8. The molecule has 1 fully saturated rings. The van der Waals surface area contributed by atoms with Gasteiger partial charge in [-0.1, -0.05) is 37.9 Å². The molecule has 53 heavy (non-hydrogen) atoms. The van der Waals surface area contributed by atoms with E-state index in [-0.39, 0.29) is 87.5 Å². The van der Waals surface area contributed by atoms with Gasteiger partial charge in [-0.2, -0.15) is 0 Å². The van der Waals surface area contributed by atoms with E-state index in [1.54, 1.807) is 20.8 Å². The van der Waals surface area contributed by atoms with Gasteiger partial charge in [-0.3, -0.25) is 42.2 Å². The van der Waals surface area contributed by atoms with E-state index in [1.807, 2.05) is 0 Å². The number of carbonyl (C=O) groups excluding carboxylic acids is 1. The van der Waals surface area contributed by atoms with Crippen LogP contribution in [0.1, 0.15) is 38.7 Å². The predicted octanol–water partition coefficient (Wildman–Crippen LogP) is -5.02. The van der Waals surface area contributed by atoms with Crippen LogP contribution in [-0.2, 0) is 44.0 Å².